The number of hydrogen-bond acceptors (Lipinski definition) is 4. The molecule has 1 N–H and O–H groups in total. The van der Waals surface area contributed by atoms with Crippen molar-refractivity contribution < 1.29 is 9.59 Å². The van der Waals surface area contributed by atoms with E-state index in [0.717, 1.165) is 95.6 Å². The van der Waals surface area contributed by atoms with Crippen molar-refractivity contribution in [3.05, 3.63) is 239 Å². The minimum atomic E-state index is -0.428. The molecule has 0 saturated heterocycles. The Morgan fingerprint density at radius 1 is 0.507 bits per heavy atom. The average Bonchev–Trinajstić information content (AvgIpc) is 4.10. The highest BCUT2D eigenvalue weighted by Gasteiger charge is 2.18. The lowest BCUT2D eigenvalue weighted by molar-refractivity contribution is 0.0966. The quantitative estimate of drug-likeness (QED) is 0.138. The summed E-state index contributed by atoms with van der Waals surface area (Å²) in [7, 11) is 0. The molecule has 0 bridgehead atoms. The molecule has 1 aliphatic rings. The number of fused-ring (bicyclic) bond motifs is 8. The highest BCUT2D eigenvalue weighted by Crippen LogP contribution is 2.34. The molecular formula is C57H32Br2Cl4N3O3+. The molecule has 0 spiro atoms. The fourth-order valence-corrected chi connectivity index (χ4v) is 10.6. The van der Waals surface area contributed by atoms with Gasteiger partial charge in [-0.05, 0) is 101 Å². The number of rotatable bonds is 2. The SMILES string of the molecule is Clc1ccc2c(c1)N[C+]=C2.O=C(Cl)c1cccc2cccc(Br)c12.O=C(c1cccc2cccc(Br)c12)n1ccc2ccc(Cl)cc21.O=c1c2cccc3cccc(c32)c2cc3ccc(Cl)cc3n12. The maximum atomic E-state index is 13.1. The summed E-state index contributed by atoms with van der Waals surface area (Å²) >= 11 is 30.4. The lowest BCUT2D eigenvalue weighted by Crippen LogP contribution is -2.12. The summed E-state index contributed by atoms with van der Waals surface area (Å²) < 4.78 is 5.22. The van der Waals surface area contributed by atoms with Crippen molar-refractivity contribution >= 4 is 172 Å². The third-order valence-corrected chi connectivity index (χ3v) is 14.1. The Morgan fingerprint density at radius 2 is 1.04 bits per heavy atom. The summed E-state index contributed by atoms with van der Waals surface area (Å²) in [5.41, 5.74) is 6.00. The Kier molecular flexibility index (Phi) is 13.0. The summed E-state index contributed by atoms with van der Waals surface area (Å²) in [6, 6.07) is 55.9. The van der Waals surface area contributed by atoms with Crippen LogP contribution in [0.5, 0.6) is 0 Å². The van der Waals surface area contributed by atoms with Crippen LogP contribution in [0, 0.1) is 6.20 Å². The van der Waals surface area contributed by atoms with Crippen LogP contribution in [0.15, 0.2) is 196 Å². The van der Waals surface area contributed by atoms with E-state index in [1.54, 1.807) is 21.2 Å². The highest BCUT2D eigenvalue weighted by molar-refractivity contribution is 9.11. The van der Waals surface area contributed by atoms with Crippen LogP contribution in [0.2, 0.25) is 15.1 Å². The Morgan fingerprint density at radius 3 is 1.71 bits per heavy atom. The lowest BCUT2D eigenvalue weighted by Gasteiger charge is -2.09. The molecule has 12 aromatic rings. The standard InChI is InChI=1S/C19H11BrClNO.C19H10ClNO.C11H6BrClO.C8H5ClN/c20-16-6-2-4-13-3-1-5-15(18(13)16)19(23)22-10-9-12-7-8-14(21)11-17(12)22;20-13-8-7-12-9-17-14-5-1-3-11-4-2-6-15(18(11)14)19(22)21(17)16(12)10-13;12-9-6-2-4-7-3-1-5-8(10(7)9)11(13)14;9-7-2-1-6-3-4-10-8(6)5-7/h1-11H;1-10H;1-6H;1-3,5,10H/q;;;+1. The van der Waals surface area contributed by atoms with E-state index in [4.69, 9.17) is 46.4 Å². The summed E-state index contributed by atoms with van der Waals surface area (Å²) in [5.74, 6) is -0.0697. The Balaban J connectivity index is 0.000000112. The maximum Gasteiger partial charge on any atom is 0.263 e. The van der Waals surface area contributed by atoms with Gasteiger partial charge in [0.1, 0.15) is 12.3 Å². The summed E-state index contributed by atoms with van der Waals surface area (Å²) in [6.45, 7) is 0. The minimum absolute atomic E-state index is 0.0107. The molecule has 12 heteroatoms. The first kappa shape index (κ1) is 46.2. The van der Waals surface area contributed by atoms with Crippen LogP contribution >= 0.6 is 78.3 Å². The number of carbonyl (C=O) groups excluding carboxylic acids is 2. The van der Waals surface area contributed by atoms with Crippen LogP contribution in [-0.2, 0) is 0 Å². The van der Waals surface area contributed by atoms with Gasteiger partial charge in [0, 0.05) is 80.1 Å². The number of carbonyl (C=O) groups is 2. The van der Waals surface area contributed by atoms with Gasteiger partial charge in [-0.25, -0.2) is 0 Å². The monoisotopic (exact) mass is 1100 g/mol. The zero-order chi connectivity index (χ0) is 47.9. The van der Waals surface area contributed by atoms with Gasteiger partial charge < -0.3 is 0 Å². The molecule has 0 atom stereocenters. The second-order valence-corrected chi connectivity index (χ2v) is 19.3. The van der Waals surface area contributed by atoms with Gasteiger partial charge in [0.25, 0.3) is 16.7 Å². The lowest BCUT2D eigenvalue weighted by atomic mass is 10.0. The van der Waals surface area contributed by atoms with Crippen molar-refractivity contribution in [3.8, 4) is 0 Å². The first-order valence-corrected chi connectivity index (χ1v) is 24.4. The van der Waals surface area contributed by atoms with Crippen molar-refractivity contribution in [1.29, 1.82) is 0 Å². The van der Waals surface area contributed by atoms with Crippen molar-refractivity contribution in [2.24, 2.45) is 0 Å². The van der Waals surface area contributed by atoms with Gasteiger partial charge in [-0.15, -0.1) is 0 Å². The third-order valence-electron chi connectivity index (χ3n) is 11.9. The van der Waals surface area contributed by atoms with Crippen LogP contribution in [-0.4, -0.2) is 20.1 Å². The topological polar surface area (TPSA) is 72.6 Å². The van der Waals surface area contributed by atoms with E-state index in [-0.39, 0.29) is 11.5 Å². The fraction of sp³-hybridized carbons (Fsp3) is 0. The number of benzene rings is 9. The van der Waals surface area contributed by atoms with Gasteiger partial charge >= 0.3 is 0 Å². The van der Waals surface area contributed by atoms with Gasteiger partial charge in [-0.1, -0.05) is 158 Å². The number of halogens is 6. The molecular weight excluding hydrogens is 1080 g/mol. The second kappa shape index (κ2) is 19.4. The molecule has 1 aliphatic heterocycles. The van der Waals surface area contributed by atoms with Crippen LogP contribution in [0.4, 0.5) is 5.69 Å². The summed E-state index contributed by atoms with van der Waals surface area (Å²) in [5, 5.41) is 14.3. The first-order chi connectivity index (χ1) is 33.4. The zero-order valence-corrected chi connectivity index (χ0v) is 42.0. The van der Waals surface area contributed by atoms with Crippen LogP contribution in [0.1, 0.15) is 26.3 Å². The molecule has 4 heterocycles. The molecule has 0 amide bonds. The fourth-order valence-electron chi connectivity index (χ4n) is 8.74. The van der Waals surface area contributed by atoms with Gasteiger partial charge in [0.2, 0.25) is 0 Å². The molecule has 0 saturated carbocycles. The molecule has 6 nitrogen and oxygen atoms in total. The predicted molar refractivity (Wildman–Crippen MR) is 295 cm³/mol. The Hall–Kier alpha value is -6.58. The molecule has 13 rings (SSSR count). The second-order valence-electron chi connectivity index (χ2n) is 16.0. The van der Waals surface area contributed by atoms with E-state index in [1.165, 1.54) is 0 Å². The summed E-state index contributed by atoms with van der Waals surface area (Å²) in [4.78, 5) is 37.3. The van der Waals surface area contributed by atoms with Gasteiger partial charge in [-0.2, -0.15) is 5.32 Å². The average molecular weight is 1110 g/mol. The number of hydrogen-bond donors (Lipinski definition) is 1. The first-order valence-electron chi connectivity index (χ1n) is 21.3. The van der Waals surface area contributed by atoms with E-state index in [1.807, 2.05) is 164 Å². The molecule has 0 aliphatic carbocycles. The summed E-state index contributed by atoms with van der Waals surface area (Å²) in [6.07, 6.45) is 6.57. The number of aromatic nitrogens is 2. The van der Waals surface area contributed by atoms with Crippen LogP contribution < -0.4 is 10.9 Å². The number of pyridine rings is 1. The largest absolute Gasteiger partial charge is 0.283 e. The van der Waals surface area contributed by atoms with E-state index in [9.17, 15) is 14.4 Å². The Bertz CT molecular complexity index is 4100. The Labute approximate surface area is 431 Å². The van der Waals surface area contributed by atoms with E-state index in [2.05, 4.69) is 55.5 Å². The highest BCUT2D eigenvalue weighted by atomic mass is 79.9. The molecule has 9 aromatic carbocycles. The predicted octanol–water partition coefficient (Wildman–Crippen LogP) is 17.3. The van der Waals surface area contributed by atoms with E-state index in [0.29, 0.717) is 21.2 Å². The molecule has 334 valence electrons. The van der Waals surface area contributed by atoms with Crippen LogP contribution in [0.3, 0.4) is 0 Å². The maximum absolute atomic E-state index is 13.1. The molecule has 69 heavy (non-hydrogen) atoms. The van der Waals surface area contributed by atoms with Gasteiger partial charge in [0.15, 0.2) is 11.3 Å². The van der Waals surface area contributed by atoms with Crippen LogP contribution in [0.25, 0.3) is 76.5 Å². The zero-order valence-electron chi connectivity index (χ0n) is 35.8. The van der Waals surface area contributed by atoms with E-state index < -0.39 is 5.24 Å². The molecule has 0 fully saturated rings. The minimum Gasteiger partial charge on any atom is -0.283 e. The van der Waals surface area contributed by atoms with Crippen molar-refractivity contribution in [3.63, 3.8) is 0 Å². The number of anilines is 1. The van der Waals surface area contributed by atoms with E-state index >= 15 is 0 Å². The molecule has 0 radical (unpaired) electrons. The normalized spacial score (nSPS) is 11.4. The van der Waals surface area contributed by atoms with Gasteiger partial charge in [-0.3, -0.25) is 23.4 Å². The molecule has 3 aromatic heterocycles. The van der Waals surface area contributed by atoms with Gasteiger partial charge in [0.05, 0.1) is 27.6 Å². The third kappa shape index (κ3) is 8.98. The number of nitrogens with one attached hydrogen (secondary N) is 1. The molecule has 0 unspecified atom stereocenters. The smallest absolute Gasteiger partial charge is 0.263 e. The van der Waals surface area contributed by atoms with Crippen molar-refractivity contribution in [1.82, 2.24) is 8.97 Å². The van der Waals surface area contributed by atoms with Crippen molar-refractivity contribution in [2.45, 2.75) is 0 Å². The number of nitrogens with zero attached hydrogens (tertiary/aromatic N) is 2. The van der Waals surface area contributed by atoms with Crippen molar-refractivity contribution in [2.75, 3.05) is 5.32 Å².